The van der Waals surface area contributed by atoms with Gasteiger partial charge in [-0.25, -0.2) is 0 Å². The first-order valence-electron chi connectivity index (χ1n) is 5.03. The van der Waals surface area contributed by atoms with Gasteiger partial charge in [0.25, 0.3) is 5.91 Å². The molecular formula is C11H10Cl2N4O. The van der Waals surface area contributed by atoms with Crippen LogP contribution in [0.25, 0.3) is 0 Å². The highest BCUT2D eigenvalue weighted by atomic mass is 35.5. The lowest BCUT2D eigenvalue weighted by atomic mass is 10.2. The van der Waals surface area contributed by atoms with Crippen LogP contribution in [-0.4, -0.2) is 15.7 Å². The number of nitrogen functional groups attached to an aromatic ring is 1. The summed E-state index contributed by atoms with van der Waals surface area (Å²) in [6, 6.07) is 4.64. The third-order valence-electron chi connectivity index (χ3n) is 2.37. The van der Waals surface area contributed by atoms with Crippen LogP contribution in [0.3, 0.4) is 0 Å². The number of benzene rings is 1. The van der Waals surface area contributed by atoms with Gasteiger partial charge in [0, 0.05) is 12.1 Å². The van der Waals surface area contributed by atoms with Gasteiger partial charge in [-0.3, -0.25) is 9.48 Å². The molecule has 1 aromatic carbocycles. The lowest BCUT2D eigenvalue weighted by Crippen LogP contribution is -2.16. The molecule has 0 bridgehead atoms. The van der Waals surface area contributed by atoms with Crippen LogP contribution in [0.15, 0.2) is 24.4 Å². The third kappa shape index (κ3) is 2.42. The van der Waals surface area contributed by atoms with Gasteiger partial charge in [0.2, 0.25) is 0 Å². The van der Waals surface area contributed by atoms with Crippen molar-refractivity contribution in [2.75, 3.05) is 11.1 Å². The molecule has 3 N–H and O–H groups in total. The van der Waals surface area contributed by atoms with E-state index in [0.717, 1.165) is 0 Å². The molecule has 0 saturated heterocycles. The molecule has 0 unspecified atom stereocenters. The van der Waals surface area contributed by atoms with Crippen LogP contribution < -0.4 is 11.1 Å². The molecule has 0 aliphatic heterocycles. The lowest BCUT2D eigenvalue weighted by molar-refractivity contribution is 0.102. The summed E-state index contributed by atoms with van der Waals surface area (Å²) in [5.41, 5.74) is 6.38. The largest absolute Gasteiger partial charge is 0.394 e. The van der Waals surface area contributed by atoms with Crippen LogP contribution in [-0.2, 0) is 7.05 Å². The van der Waals surface area contributed by atoms with E-state index >= 15 is 0 Å². The fourth-order valence-electron chi connectivity index (χ4n) is 1.46. The zero-order valence-corrected chi connectivity index (χ0v) is 11.0. The van der Waals surface area contributed by atoms with E-state index in [9.17, 15) is 4.79 Å². The van der Waals surface area contributed by atoms with E-state index in [4.69, 9.17) is 28.9 Å². The Bertz CT molecular complexity index is 590. The smallest absolute Gasteiger partial charge is 0.258 e. The number of nitrogens with two attached hydrogens (primary N) is 1. The molecule has 94 valence electrons. The van der Waals surface area contributed by atoms with Crippen molar-refractivity contribution in [3.8, 4) is 0 Å². The number of aryl methyl sites for hydroxylation is 1. The Hall–Kier alpha value is -1.72. The first kappa shape index (κ1) is 12.7. The van der Waals surface area contributed by atoms with Gasteiger partial charge < -0.3 is 11.1 Å². The minimum Gasteiger partial charge on any atom is -0.394 e. The molecule has 1 heterocycles. The Balaban J connectivity index is 2.28. The van der Waals surface area contributed by atoms with Crippen molar-refractivity contribution in [2.45, 2.75) is 0 Å². The summed E-state index contributed by atoms with van der Waals surface area (Å²) in [6.07, 6.45) is 1.46. The number of nitrogens with zero attached hydrogens (tertiary/aromatic N) is 2. The van der Waals surface area contributed by atoms with Gasteiger partial charge in [0.15, 0.2) is 5.82 Å². The van der Waals surface area contributed by atoms with Crippen molar-refractivity contribution >= 4 is 40.6 Å². The summed E-state index contributed by atoms with van der Waals surface area (Å²) in [4.78, 5) is 12.0. The van der Waals surface area contributed by atoms with Crippen molar-refractivity contribution < 1.29 is 4.79 Å². The average molecular weight is 285 g/mol. The summed E-state index contributed by atoms with van der Waals surface area (Å²) in [6.45, 7) is 0. The molecule has 0 aliphatic carbocycles. The van der Waals surface area contributed by atoms with Crippen molar-refractivity contribution in [3.63, 3.8) is 0 Å². The van der Waals surface area contributed by atoms with E-state index in [0.29, 0.717) is 22.1 Å². The SMILES string of the molecule is Cn1ncc(N)c1NC(=O)c1ccc(Cl)cc1Cl. The van der Waals surface area contributed by atoms with Crippen LogP contribution in [0.2, 0.25) is 10.0 Å². The number of aromatic nitrogens is 2. The summed E-state index contributed by atoms with van der Waals surface area (Å²) in [5, 5.41) is 7.31. The van der Waals surface area contributed by atoms with Crippen LogP contribution >= 0.6 is 23.2 Å². The van der Waals surface area contributed by atoms with E-state index in [-0.39, 0.29) is 10.9 Å². The van der Waals surface area contributed by atoms with Crippen LogP contribution in [0.4, 0.5) is 11.5 Å². The second-order valence-corrected chi connectivity index (χ2v) is 4.49. The van der Waals surface area contributed by atoms with E-state index in [1.165, 1.54) is 16.9 Å². The molecule has 0 radical (unpaired) electrons. The van der Waals surface area contributed by atoms with Gasteiger partial charge >= 0.3 is 0 Å². The van der Waals surface area contributed by atoms with Gasteiger partial charge in [-0.05, 0) is 18.2 Å². The van der Waals surface area contributed by atoms with Crippen LogP contribution in [0.5, 0.6) is 0 Å². The van der Waals surface area contributed by atoms with Gasteiger partial charge in [-0.15, -0.1) is 0 Å². The van der Waals surface area contributed by atoms with E-state index in [2.05, 4.69) is 10.4 Å². The topological polar surface area (TPSA) is 72.9 Å². The Morgan fingerprint density at radius 1 is 1.44 bits per heavy atom. The van der Waals surface area contributed by atoms with Gasteiger partial charge in [0.1, 0.15) is 0 Å². The summed E-state index contributed by atoms with van der Waals surface area (Å²) in [7, 11) is 1.68. The highest BCUT2D eigenvalue weighted by Crippen LogP contribution is 2.23. The Morgan fingerprint density at radius 3 is 2.72 bits per heavy atom. The standard InChI is InChI=1S/C11H10Cl2N4O/c1-17-10(9(14)5-15-17)16-11(18)7-3-2-6(12)4-8(7)13/h2-5H,14H2,1H3,(H,16,18). The van der Waals surface area contributed by atoms with Crippen molar-refractivity contribution in [1.82, 2.24) is 9.78 Å². The van der Waals surface area contributed by atoms with E-state index < -0.39 is 0 Å². The van der Waals surface area contributed by atoms with Crippen LogP contribution in [0.1, 0.15) is 10.4 Å². The molecule has 0 saturated carbocycles. The number of anilines is 2. The number of halogens is 2. The Labute approximate surface area is 113 Å². The van der Waals surface area contributed by atoms with Crippen molar-refractivity contribution in [3.05, 3.63) is 40.0 Å². The Morgan fingerprint density at radius 2 is 2.17 bits per heavy atom. The minimum atomic E-state index is -0.369. The number of carbonyl (C=O) groups excluding carboxylic acids is 1. The van der Waals surface area contributed by atoms with Gasteiger partial charge in [0.05, 0.1) is 22.5 Å². The number of hydrogen-bond donors (Lipinski definition) is 2. The fraction of sp³-hybridized carbons (Fsp3) is 0.0909. The van der Waals surface area contributed by atoms with Crippen molar-refractivity contribution in [2.24, 2.45) is 7.05 Å². The Kier molecular flexibility index (Phi) is 3.45. The molecule has 18 heavy (non-hydrogen) atoms. The molecular weight excluding hydrogens is 275 g/mol. The lowest BCUT2D eigenvalue weighted by Gasteiger charge is -2.08. The minimum absolute atomic E-state index is 0.278. The normalized spacial score (nSPS) is 10.4. The summed E-state index contributed by atoms with van der Waals surface area (Å²) >= 11 is 11.7. The molecule has 0 atom stereocenters. The third-order valence-corrected chi connectivity index (χ3v) is 2.92. The maximum atomic E-state index is 12.0. The highest BCUT2D eigenvalue weighted by Gasteiger charge is 2.14. The second kappa shape index (κ2) is 4.88. The first-order chi connectivity index (χ1) is 8.49. The highest BCUT2D eigenvalue weighted by molar-refractivity contribution is 6.37. The monoisotopic (exact) mass is 284 g/mol. The molecule has 1 amide bonds. The maximum Gasteiger partial charge on any atom is 0.258 e. The quantitative estimate of drug-likeness (QED) is 0.890. The number of amides is 1. The second-order valence-electron chi connectivity index (χ2n) is 3.65. The molecule has 0 spiro atoms. The molecule has 2 aromatic rings. The molecule has 5 nitrogen and oxygen atoms in total. The maximum absolute atomic E-state index is 12.0. The summed E-state index contributed by atoms with van der Waals surface area (Å²) in [5.74, 6) is 0.0537. The molecule has 1 aromatic heterocycles. The number of carbonyl (C=O) groups is 1. The summed E-state index contributed by atoms with van der Waals surface area (Å²) < 4.78 is 1.47. The predicted octanol–water partition coefficient (Wildman–Crippen LogP) is 2.56. The van der Waals surface area contributed by atoms with Gasteiger partial charge in [-0.2, -0.15) is 5.10 Å². The zero-order valence-electron chi connectivity index (χ0n) is 9.45. The van der Waals surface area contributed by atoms with Crippen LogP contribution in [0, 0.1) is 0 Å². The number of nitrogens with one attached hydrogen (secondary N) is 1. The van der Waals surface area contributed by atoms with E-state index in [1.54, 1.807) is 19.2 Å². The van der Waals surface area contributed by atoms with Crippen molar-refractivity contribution in [1.29, 1.82) is 0 Å². The first-order valence-corrected chi connectivity index (χ1v) is 5.78. The zero-order chi connectivity index (χ0) is 13.3. The molecule has 2 rings (SSSR count). The number of hydrogen-bond acceptors (Lipinski definition) is 3. The molecule has 0 fully saturated rings. The van der Waals surface area contributed by atoms with Gasteiger partial charge in [-0.1, -0.05) is 23.2 Å². The molecule has 0 aliphatic rings. The average Bonchev–Trinajstić information content (AvgIpc) is 2.60. The number of rotatable bonds is 2. The van der Waals surface area contributed by atoms with E-state index in [1.807, 2.05) is 0 Å². The molecule has 7 heteroatoms. The fourth-order valence-corrected chi connectivity index (χ4v) is 1.95. The predicted molar refractivity (Wildman–Crippen MR) is 72.0 cm³/mol.